The van der Waals surface area contributed by atoms with Crippen LogP contribution in [-0.4, -0.2) is 28.3 Å². The number of hydrogen-bond donors (Lipinski definition) is 3. The molecule has 1 heterocycles. The molecule has 5 nitrogen and oxygen atoms in total. The number of hydrogen-bond acceptors (Lipinski definition) is 6. The van der Waals surface area contributed by atoms with Gasteiger partial charge in [0.15, 0.2) is 5.82 Å². The number of nitrogens with two attached hydrogens (primary N) is 2. The minimum Gasteiger partial charge on any atom is -0.382 e. The summed E-state index contributed by atoms with van der Waals surface area (Å²) in [5, 5.41) is 3.68. The Hall–Kier alpha value is -1.39. The van der Waals surface area contributed by atoms with E-state index in [1.165, 1.54) is 0 Å². The van der Waals surface area contributed by atoms with Crippen LogP contribution in [0.4, 0.5) is 10.8 Å². The predicted octanol–water partition coefficient (Wildman–Crippen LogP) is 0.603. The predicted molar refractivity (Wildman–Crippen MR) is 69.7 cm³/mol. The van der Waals surface area contributed by atoms with Gasteiger partial charge in [-0.3, -0.25) is 4.79 Å². The fourth-order valence-electron chi connectivity index (χ4n) is 1.03. The molecule has 0 atom stereocenters. The van der Waals surface area contributed by atoms with E-state index in [0.717, 1.165) is 17.3 Å². The number of aromatic nitrogens is 1. The Balaban J connectivity index is 2.48. The van der Waals surface area contributed by atoms with Gasteiger partial charge < -0.3 is 16.8 Å². The van der Waals surface area contributed by atoms with Gasteiger partial charge in [-0.2, -0.15) is 4.37 Å². The van der Waals surface area contributed by atoms with Crippen LogP contribution in [0.5, 0.6) is 0 Å². The second-order valence-corrected chi connectivity index (χ2v) is 4.70. The summed E-state index contributed by atoms with van der Waals surface area (Å²) >= 11 is 2.76. The zero-order valence-electron chi connectivity index (χ0n) is 8.53. The molecule has 1 rings (SSSR count). The molecule has 0 unspecified atom stereocenters. The first-order valence-electron chi connectivity index (χ1n) is 4.46. The average molecular weight is 256 g/mol. The summed E-state index contributed by atoms with van der Waals surface area (Å²) in [7, 11) is 0. The highest BCUT2D eigenvalue weighted by atomic mass is 32.2. The number of terminal acetylenes is 1. The molecule has 5 N–H and O–H groups in total. The second-order valence-electron chi connectivity index (χ2n) is 2.82. The number of nitrogens with one attached hydrogen (secondary N) is 1. The molecular weight excluding hydrogens is 244 g/mol. The van der Waals surface area contributed by atoms with Gasteiger partial charge in [0.25, 0.3) is 5.91 Å². The van der Waals surface area contributed by atoms with Crippen molar-refractivity contribution in [2.75, 3.05) is 29.1 Å². The van der Waals surface area contributed by atoms with Gasteiger partial charge in [-0.25, -0.2) is 0 Å². The van der Waals surface area contributed by atoms with Crippen LogP contribution in [0, 0.1) is 12.3 Å². The first-order valence-corrected chi connectivity index (χ1v) is 6.39. The van der Waals surface area contributed by atoms with E-state index in [2.05, 4.69) is 15.6 Å². The summed E-state index contributed by atoms with van der Waals surface area (Å²) in [5.41, 5.74) is 11.0. The number of thioether (sulfide) groups is 1. The van der Waals surface area contributed by atoms with Crippen molar-refractivity contribution >= 4 is 40.0 Å². The third-order valence-electron chi connectivity index (χ3n) is 1.68. The van der Waals surface area contributed by atoms with Gasteiger partial charge in [0.05, 0.1) is 5.75 Å². The molecule has 0 fully saturated rings. The number of carbonyl (C=O) groups is 1. The SMILES string of the molecule is C#CCSCCNc1snc(N)c1C(N)=O. The van der Waals surface area contributed by atoms with Crippen molar-refractivity contribution in [1.82, 2.24) is 4.37 Å². The normalized spacial score (nSPS) is 9.69. The summed E-state index contributed by atoms with van der Waals surface area (Å²) in [4.78, 5) is 11.1. The fourth-order valence-corrected chi connectivity index (χ4v) is 2.28. The van der Waals surface area contributed by atoms with Crippen molar-refractivity contribution in [3.05, 3.63) is 5.56 Å². The lowest BCUT2D eigenvalue weighted by atomic mass is 10.3. The summed E-state index contributed by atoms with van der Waals surface area (Å²) in [5.74, 6) is 3.67. The van der Waals surface area contributed by atoms with E-state index in [-0.39, 0.29) is 11.4 Å². The molecule has 0 radical (unpaired) electrons. The van der Waals surface area contributed by atoms with Crippen molar-refractivity contribution in [3.8, 4) is 12.3 Å². The maximum Gasteiger partial charge on any atom is 0.255 e. The van der Waals surface area contributed by atoms with Gasteiger partial charge >= 0.3 is 0 Å². The molecule has 0 bridgehead atoms. The molecule has 86 valence electrons. The maximum absolute atomic E-state index is 11.1. The van der Waals surface area contributed by atoms with Crippen LogP contribution in [0.15, 0.2) is 0 Å². The van der Waals surface area contributed by atoms with Crippen molar-refractivity contribution in [1.29, 1.82) is 0 Å². The summed E-state index contributed by atoms with van der Waals surface area (Å²) in [6, 6.07) is 0. The lowest BCUT2D eigenvalue weighted by molar-refractivity contribution is 0.100. The van der Waals surface area contributed by atoms with Gasteiger partial charge in [-0.05, 0) is 11.5 Å². The number of rotatable bonds is 6. The minimum absolute atomic E-state index is 0.177. The van der Waals surface area contributed by atoms with Crippen molar-refractivity contribution in [3.63, 3.8) is 0 Å². The molecule has 0 aliphatic heterocycles. The van der Waals surface area contributed by atoms with Gasteiger partial charge in [0.2, 0.25) is 0 Å². The van der Waals surface area contributed by atoms with Crippen LogP contribution < -0.4 is 16.8 Å². The first-order chi connectivity index (χ1) is 7.66. The quantitative estimate of drug-likeness (QED) is 0.512. The highest BCUT2D eigenvalue weighted by molar-refractivity contribution is 7.99. The molecule has 0 aliphatic carbocycles. The van der Waals surface area contributed by atoms with Gasteiger partial charge in [-0.1, -0.05) is 5.92 Å². The van der Waals surface area contributed by atoms with E-state index in [1.54, 1.807) is 11.8 Å². The molecule has 0 aromatic carbocycles. The van der Waals surface area contributed by atoms with E-state index in [9.17, 15) is 4.79 Å². The van der Waals surface area contributed by atoms with Crippen LogP contribution >= 0.6 is 23.3 Å². The highest BCUT2D eigenvalue weighted by Crippen LogP contribution is 2.25. The van der Waals surface area contributed by atoms with Crippen LogP contribution in [0.3, 0.4) is 0 Å². The van der Waals surface area contributed by atoms with Crippen LogP contribution in [0.1, 0.15) is 10.4 Å². The van der Waals surface area contributed by atoms with Gasteiger partial charge in [-0.15, -0.1) is 18.2 Å². The Labute approximate surface area is 102 Å². The number of anilines is 2. The van der Waals surface area contributed by atoms with Crippen molar-refractivity contribution < 1.29 is 4.79 Å². The van der Waals surface area contributed by atoms with E-state index >= 15 is 0 Å². The van der Waals surface area contributed by atoms with Gasteiger partial charge in [0, 0.05) is 12.3 Å². The highest BCUT2D eigenvalue weighted by Gasteiger charge is 2.15. The summed E-state index contributed by atoms with van der Waals surface area (Å²) < 4.78 is 3.87. The van der Waals surface area contributed by atoms with E-state index in [1.807, 2.05) is 0 Å². The molecule has 0 saturated heterocycles. The van der Waals surface area contributed by atoms with E-state index in [4.69, 9.17) is 17.9 Å². The van der Waals surface area contributed by atoms with Crippen molar-refractivity contribution in [2.45, 2.75) is 0 Å². The Bertz CT molecular complexity index is 410. The Kier molecular flexibility index (Phi) is 4.95. The van der Waals surface area contributed by atoms with Crippen LogP contribution in [0.2, 0.25) is 0 Å². The van der Waals surface area contributed by atoms with Crippen LogP contribution in [-0.2, 0) is 0 Å². The molecule has 1 aromatic heterocycles. The second kappa shape index (κ2) is 6.25. The topological polar surface area (TPSA) is 94.0 Å². The summed E-state index contributed by atoms with van der Waals surface area (Å²) in [6.45, 7) is 0.689. The minimum atomic E-state index is -0.565. The number of carbonyl (C=O) groups excluding carboxylic acids is 1. The molecule has 0 aliphatic rings. The largest absolute Gasteiger partial charge is 0.382 e. The molecule has 16 heavy (non-hydrogen) atoms. The van der Waals surface area contributed by atoms with E-state index < -0.39 is 5.91 Å². The lowest BCUT2D eigenvalue weighted by Crippen LogP contribution is -2.15. The average Bonchev–Trinajstić information content (AvgIpc) is 2.59. The standard InChI is InChI=1S/C9H12N4OS2/c1-2-4-15-5-3-12-9-6(8(11)14)7(10)13-16-9/h1,12H,3-5H2,(H2,10,13)(H2,11,14). The zero-order chi connectivity index (χ0) is 12.0. The lowest BCUT2D eigenvalue weighted by Gasteiger charge is -2.03. The van der Waals surface area contributed by atoms with Gasteiger partial charge in [0.1, 0.15) is 10.6 Å². The maximum atomic E-state index is 11.1. The molecular formula is C9H12N4OS2. The molecule has 7 heteroatoms. The zero-order valence-corrected chi connectivity index (χ0v) is 10.2. The monoisotopic (exact) mass is 256 g/mol. The van der Waals surface area contributed by atoms with E-state index in [0.29, 0.717) is 17.3 Å². The van der Waals surface area contributed by atoms with Crippen molar-refractivity contribution in [2.24, 2.45) is 5.73 Å². The third kappa shape index (κ3) is 3.32. The Morgan fingerprint density at radius 3 is 3.06 bits per heavy atom. The Morgan fingerprint density at radius 2 is 2.44 bits per heavy atom. The number of amides is 1. The number of nitrogens with zero attached hydrogens (tertiary/aromatic N) is 1. The molecule has 0 spiro atoms. The molecule has 1 aromatic rings. The summed E-state index contributed by atoms with van der Waals surface area (Å²) in [6.07, 6.45) is 5.11. The first kappa shape index (κ1) is 12.7. The number of nitrogen functional groups attached to an aromatic ring is 1. The fraction of sp³-hybridized carbons (Fsp3) is 0.333. The third-order valence-corrected chi connectivity index (χ3v) is 3.36. The molecule has 0 saturated carbocycles. The Morgan fingerprint density at radius 1 is 1.69 bits per heavy atom. The number of primary amides is 1. The van der Waals surface area contributed by atoms with Crippen LogP contribution in [0.25, 0.3) is 0 Å². The smallest absolute Gasteiger partial charge is 0.255 e. The molecule has 1 amide bonds.